The topological polar surface area (TPSA) is 75.3 Å². The molecule has 1 aromatic heterocycles. The summed E-state index contributed by atoms with van der Waals surface area (Å²) in [4.78, 5) is 12.1. The first-order chi connectivity index (χ1) is 11.2. The van der Waals surface area contributed by atoms with E-state index in [1.807, 2.05) is 6.07 Å². The Bertz CT molecular complexity index is 777. The van der Waals surface area contributed by atoms with Crippen molar-refractivity contribution in [3.63, 3.8) is 0 Å². The normalized spacial score (nSPS) is 10.4. The van der Waals surface area contributed by atoms with Gasteiger partial charge in [0.25, 0.3) is 5.91 Å². The number of hydrogen-bond acceptors (Lipinski definition) is 4. The van der Waals surface area contributed by atoms with E-state index in [1.165, 1.54) is 12.3 Å². The molecule has 0 fully saturated rings. The van der Waals surface area contributed by atoms with Crippen LogP contribution < -0.4 is 10.1 Å². The molecule has 0 radical (unpaired) electrons. The van der Waals surface area contributed by atoms with Gasteiger partial charge in [-0.2, -0.15) is 5.26 Å². The van der Waals surface area contributed by atoms with Crippen molar-refractivity contribution in [2.45, 2.75) is 6.54 Å². The second kappa shape index (κ2) is 8.11. The first-order valence-electron chi connectivity index (χ1n) is 6.82. The largest absolute Gasteiger partial charge is 0.480 e. The lowest BCUT2D eigenvalue weighted by Crippen LogP contribution is -2.23. The van der Waals surface area contributed by atoms with E-state index in [9.17, 15) is 10.1 Å². The first-order valence-corrected chi connectivity index (χ1v) is 6.82. The fourth-order valence-corrected chi connectivity index (χ4v) is 1.83. The third-order valence-electron chi connectivity index (χ3n) is 2.90. The molecule has 0 saturated heterocycles. The molecule has 0 atom stereocenters. The monoisotopic (exact) mass is 306 g/mol. The Labute approximate surface area is 134 Å². The zero-order valence-electron chi connectivity index (χ0n) is 12.3. The molecule has 0 bridgehead atoms. The SMILES string of the molecule is C#CCOc1ccccc1/C=C(\C#N)C(=O)NCc1ccco1. The fourth-order valence-electron chi connectivity index (χ4n) is 1.83. The van der Waals surface area contributed by atoms with E-state index in [4.69, 9.17) is 15.6 Å². The van der Waals surface area contributed by atoms with Crippen molar-refractivity contribution in [2.24, 2.45) is 0 Å². The average Bonchev–Trinajstić information content (AvgIpc) is 3.10. The maximum Gasteiger partial charge on any atom is 0.262 e. The number of para-hydroxylation sites is 1. The van der Waals surface area contributed by atoms with Crippen LogP contribution in [-0.2, 0) is 11.3 Å². The van der Waals surface area contributed by atoms with Crippen molar-refractivity contribution >= 4 is 12.0 Å². The Hall–Kier alpha value is -3.44. The number of carbonyl (C=O) groups excluding carboxylic acids is 1. The second-order valence-electron chi connectivity index (χ2n) is 4.46. The molecule has 5 nitrogen and oxygen atoms in total. The smallest absolute Gasteiger partial charge is 0.262 e. The van der Waals surface area contributed by atoms with Crippen LogP contribution >= 0.6 is 0 Å². The lowest BCUT2D eigenvalue weighted by Gasteiger charge is -2.07. The fraction of sp³-hybridized carbons (Fsp3) is 0.111. The van der Waals surface area contributed by atoms with E-state index < -0.39 is 5.91 Å². The summed E-state index contributed by atoms with van der Waals surface area (Å²) >= 11 is 0. The van der Waals surface area contributed by atoms with E-state index in [0.717, 1.165) is 0 Å². The highest BCUT2D eigenvalue weighted by molar-refractivity contribution is 6.01. The van der Waals surface area contributed by atoms with Crippen LogP contribution in [0.3, 0.4) is 0 Å². The molecule has 5 heteroatoms. The Morgan fingerprint density at radius 3 is 2.87 bits per heavy atom. The van der Waals surface area contributed by atoms with Gasteiger partial charge < -0.3 is 14.5 Å². The second-order valence-corrected chi connectivity index (χ2v) is 4.46. The van der Waals surface area contributed by atoms with Crippen molar-refractivity contribution < 1.29 is 13.9 Å². The summed E-state index contributed by atoms with van der Waals surface area (Å²) in [5.41, 5.74) is 0.570. The van der Waals surface area contributed by atoms with E-state index in [0.29, 0.717) is 17.1 Å². The van der Waals surface area contributed by atoms with Crippen LogP contribution in [0.15, 0.2) is 52.7 Å². The highest BCUT2D eigenvalue weighted by Crippen LogP contribution is 2.21. The van der Waals surface area contributed by atoms with Gasteiger partial charge in [-0.1, -0.05) is 24.1 Å². The van der Waals surface area contributed by atoms with Crippen molar-refractivity contribution in [2.75, 3.05) is 6.61 Å². The molecule has 1 N–H and O–H groups in total. The molecule has 1 amide bonds. The number of benzene rings is 1. The van der Waals surface area contributed by atoms with Crippen LogP contribution in [0.4, 0.5) is 0 Å². The van der Waals surface area contributed by atoms with E-state index in [1.54, 1.807) is 36.4 Å². The summed E-state index contributed by atoms with van der Waals surface area (Å²) in [6.07, 6.45) is 8.15. The minimum Gasteiger partial charge on any atom is -0.480 e. The lowest BCUT2D eigenvalue weighted by molar-refractivity contribution is -0.117. The molecule has 2 aromatic rings. The standard InChI is InChI=1S/C18H14N2O3/c1-2-9-23-17-8-4-3-6-14(17)11-15(12-19)18(21)20-13-16-7-5-10-22-16/h1,3-8,10-11H,9,13H2,(H,20,21)/b15-11+. The summed E-state index contributed by atoms with van der Waals surface area (Å²) < 4.78 is 10.5. The molecular weight excluding hydrogens is 292 g/mol. The molecule has 2 rings (SSSR count). The number of ether oxygens (including phenoxy) is 1. The molecule has 1 heterocycles. The maximum absolute atomic E-state index is 12.1. The van der Waals surface area contributed by atoms with Gasteiger partial charge in [0.2, 0.25) is 0 Å². The number of amides is 1. The molecule has 1 aromatic carbocycles. The van der Waals surface area contributed by atoms with Crippen molar-refractivity contribution in [1.82, 2.24) is 5.32 Å². The number of nitrogens with one attached hydrogen (secondary N) is 1. The average molecular weight is 306 g/mol. The number of hydrogen-bond donors (Lipinski definition) is 1. The minimum atomic E-state index is -0.490. The highest BCUT2D eigenvalue weighted by atomic mass is 16.5. The van der Waals surface area contributed by atoms with Crippen molar-refractivity contribution in [1.29, 1.82) is 5.26 Å². The summed E-state index contributed by atoms with van der Waals surface area (Å²) in [7, 11) is 0. The predicted octanol–water partition coefficient (Wildman–Crippen LogP) is 2.51. The van der Waals surface area contributed by atoms with E-state index >= 15 is 0 Å². The van der Waals surface area contributed by atoms with Gasteiger partial charge in [-0.05, 0) is 24.3 Å². The number of carbonyl (C=O) groups is 1. The molecule has 0 saturated carbocycles. The van der Waals surface area contributed by atoms with Gasteiger partial charge in [-0.3, -0.25) is 4.79 Å². The molecule has 0 spiro atoms. The molecule has 0 aliphatic carbocycles. The number of terminal acetylenes is 1. The van der Waals surface area contributed by atoms with Crippen molar-refractivity contribution in [3.05, 3.63) is 59.6 Å². The molecular formula is C18H14N2O3. The number of nitrogens with zero attached hydrogens (tertiary/aromatic N) is 1. The number of nitriles is 1. The predicted molar refractivity (Wildman–Crippen MR) is 84.9 cm³/mol. The Balaban J connectivity index is 2.13. The molecule has 114 valence electrons. The molecule has 0 aliphatic rings. The van der Waals surface area contributed by atoms with Gasteiger partial charge in [-0.15, -0.1) is 6.42 Å². The van der Waals surface area contributed by atoms with Crippen molar-refractivity contribution in [3.8, 4) is 24.2 Å². The highest BCUT2D eigenvalue weighted by Gasteiger charge is 2.11. The van der Waals surface area contributed by atoms with Gasteiger partial charge in [0.1, 0.15) is 29.8 Å². The molecule has 0 unspecified atom stereocenters. The Morgan fingerprint density at radius 2 is 2.17 bits per heavy atom. The Morgan fingerprint density at radius 1 is 1.35 bits per heavy atom. The first kappa shape index (κ1) is 15.9. The van der Waals surface area contributed by atoms with Gasteiger partial charge in [-0.25, -0.2) is 0 Å². The summed E-state index contributed by atoms with van der Waals surface area (Å²) in [6, 6.07) is 12.4. The lowest BCUT2D eigenvalue weighted by atomic mass is 10.1. The summed E-state index contributed by atoms with van der Waals surface area (Å²) in [5, 5.41) is 11.8. The quantitative estimate of drug-likeness (QED) is 0.505. The van der Waals surface area contributed by atoms with Crippen LogP contribution in [0.5, 0.6) is 5.75 Å². The van der Waals surface area contributed by atoms with Gasteiger partial charge in [0.05, 0.1) is 12.8 Å². The number of rotatable bonds is 6. The molecule has 0 aliphatic heterocycles. The van der Waals surface area contributed by atoms with E-state index in [-0.39, 0.29) is 18.7 Å². The summed E-state index contributed by atoms with van der Waals surface area (Å²) in [6.45, 7) is 0.317. The Kier molecular flexibility index (Phi) is 5.62. The number of furan rings is 1. The zero-order chi connectivity index (χ0) is 16.5. The maximum atomic E-state index is 12.1. The third-order valence-corrected chi connectivity index (χ3v) is 2.90. The van der Waals surface area contributed by atoms with Gasteiger partial charge in [0.15, 0.2) is 0 Å². The van der Waals surface area contributed by atoms with Crippen LogP contribution in [0.1, 0.15) is 11.3 Å². The minimum absolute atomic E-state index is 0.0340. The van der Waals surface area contributed by atoms with Crippen LogP contribution in [0, 0.1) is 23.7 Å². The third kappa shape index (κ3) is 4.52. The van der Waals surface area contributed by atoms with Gasteiger partial charge in [0, 0.05) is 5.56 Å². The van der Waals surface area contributed by atoms with Crippen LogP contribution in [0.25, 0.3) is 6.08 Å². The summed E-state index contributed by atoms with van der Waals surface area (Å²) in [5.74, 6) is 3.00. The van der Waals surface area contributed by atoms with E-state index in [2.05, 4.69) is 11.2 Å². The zero-order valence-corrected chi connectivity index (χ0v) is 12.3. The molecule has 23 heavy (non-hydrogen) atoms. The van der Waals surface area contributed by atoms with Crippen LogP contribution in [0.2, 0.25) is 0 Å². The van der Waals surface area contributed by atoms with Gasteiger partial charge >= 0.3 is 0 Å². The van der Waals surface area contributed by atoms with Crippen LogP contribution in [-0.4, -0.2) is 12.5 Å².